The molecule has 9 aromatic rings. The Kier molecular flexibility index (Phi) is 8.18. The van der Waals surface area contributed by atoms with Gasteiger partial charge >= 0.3 is 0 Å². The van der Waals surface area contributed by atoms with Gasteiger partial charge in [0.2, 0.25) is 0 Å². The van der Waals surface area contributed by atoms with Gasteiger partial charge in [-0.2, -0.15) is 0 Å². The van der Waals surface area contributed by atoms with Crippen molar-refractivity contribution in [1.29, 1.82) is 0 Å². The second-order valence-corrected chi connectivity index (χ2v) is 14.6. The van der Waals surface area contributed by atoms with Crippen LogP contribution in [0.5, 0.6) is 0 Å². The van der Waals surface area contributed by atoms with Gasteiger partial charge in [-0.1, -0.05) is 134 Å². The minimum Gasteiger partial charge on any atom is -0.456 e. The van der Waals surface area contributed by atoms with Crippen LogP contribution >= 0.6 is 11.3 Å². The highest BCUT2D eigenvalue weighted by molar-refractivity contribution is 7.26. The van der Waals surface area contributed by atoms with Gasteiger partial charge in [0.25, 0.3) is 0 Å². The summed E-state index contributed by atoms with van der Waals surface area (Å²) in [5.41, 5.74) is 13.3. The molecular weight excluding hydrogens is 665 g/mol. The molecule has 0 aliphatic rings. The molecule has 3 nitrogen and oxygen atoms in total. The molecule has 0 amide bonds. The van der Waals surface area contributed by atoms with E-state index in [0.717, 1.165) is 49.9 Å². The second kappa shape index (κ2) is 13.3. The summed E-state index contributed by atoms with van der Waals surface area (Å²) in [4.78, 5) is 10.4. The zero-order valence-corrected chi connectivity index (χ0v) is 30.7. The second-order valence-electron chi connectivity index (χ2n) is 13.5. The van der Waals surface area contributed by atoms with Crippen molar-refractivity contribution in [1.82, 2.24) is 0 Å². The zero-order valence-electron chi connectivity index (χ0n) is 29.9. The average Bonchev–Trinajstić information content (AvgIpc) is 3.77. The van der Waals surface area contributed by atoms with E-state index >= 15 is 0 Å². The topological polar surface area (TPSA) is 37.9 Å². The number of nitrogens with zero attached hydrogens (tertiary/aromatic N) is 2. The SMILES string of the molecule is C=C(N=C(N=C(C)c1cccc2oc3ccccc3c12)c1ccccc1)c1cccc(-c2cc(-c3cccc4c3sc3ccccc34)ccc2C)c1C. The lowest BCUT2D eigenvalue weighted by molar-refractivity contribution is 0.669. The molecule has 0 bridgehead atoms. The molecular formula is C49H36N2OS. The molecule has 0 unspecified atom stereocenters. The van der Waals surface area contributed by atoms with Crippen LogP contribution in [-0.4, -0.2) is 11.5 Å². The molecule has 0 N–H and O–H groups in total. The van der Waals surface area contributed by atoms with Crippen LogP contribution in [0.1, 0.15) is 34.7 Å². The van der Waals surface area contributed by atoms with Crippen LogP contribution in [0.25, 0.3) is 70.1 Å². The molecule has 2 heterocycles. The molecule has 0 aliphatic carbocycles. The Labute approximate surface area is 312 Å². The van der Waals surface area contributed by atoms with Crippen molar-refractivity contribution in [2.75, 3.05) is 0 Å². The van der Waals surface area contributed by atoms with Gasteiger partial charge in [0.15, 0.2) is 5.84 Å². The Morgan fingerprint density at radius 2 is 1.26 bits per heavy atom. The predicted molar refractivity (Wildman–Crippen MR) is 228 cm³/mol. The van der Waals surface area contributed by atoms with Crippen LogP contribution in [0.3, 0.4) is 0 Å². The van der Waals surface area contributed by atoms with Crippen LogP contribution in [0.4, 0.5) is 0 Å². The summed E-state index contributed by atoms with van der Waals surface area (Å²) in [5, 5.41) is 4.74. The van der Waals surface area contributed by atoms with Crippen LogP contribution < -0.4 is 0 Å². The van der Waals surface area contributed by atoms with E-state index in [-0.39, 0.29) is 0 Å². The van der Waals surface area contributed by atoms with Gasteiger partial charge in [0.1, 0.15) is 11.2 Å². The molecule has 2 aromatic heterocycles. The fourth-order valence-electron chi connectivity index (χ4n) is 7.52. The molecule has 0 spiro atoms. The van der Waals surface area contributed by atoms with Crippen LogP contribution in [0.15, 0.2) is 173 Å². The lowest BCUT2D eigenvalue weighted by atomic mass is 9.90. The molecule has 4 heteroatoms. The highest BCUT2D eigenvalue weighted by atomic mass is 32.1. The zero-order chi connectivity index (χ0) is 36.1. The quantitative estimate of drug-likeness (QED) is 0.126. The number of hydrogen-bond donors (Lipinski definition) is 0. The van der Waals surface area contributed by atoms with Gasteiger partial charge < -0.3 is 4.42 Å². The molecule has 53 heavy (non-hydrogen) atoms. The first-order chi connectivity index (χ1) is 25.9. The van der Waals surface area contributed by atoms with Crippen molar-refractivity contribution < 1.29 is 4.42 Å². The highest BCUT2D eigenvalue weighted by Crippen LogP contribution is 2.42. The Morgan fingerprint density at radius 1 is 0.585 bits per heavy atom. The maximum absolute atomic E-state index is 6.19. The van der Waals surface area contributed by atoms with E-state index in [0.29, 0.717) is 11.5 Å². The fourth-order valence-corrected chi connectivity index (χ4v) is 8.76. The molecule has 254 valence electrons. The number of fused-ring (bicyclic) bond motifs is 6. The first kappa shape index (κ1) is 32.5. The van der Waals surface area contributed by atoms with Crippen molar-refractivity contribution >= 4 is 70.7 Å². The lowest BCUT2D eigenvalue weighted by Crippen LogP contribution is -2.05. The third kappa shape index (κ3) is 5.78. The Hall–Kier alpha value is -6.36. The van der Waals surface area contributed by atoms with Gasteiger partial charge in [-0.05, 0) is 78.4 Å². The summed E-state index contributed by atoms with van der Waals surface area (Å²) in [5.74, 6) is 0.609. The van der Waals surface area contributed by atoms with Gasteiger partial charge in [0, 0.05) is 53.3 Å². The van der Waals surface area contributed by atoms with E-state index < -0.39 is 0 Å². The molecule has 7 aromatic carbocycles. The van der Waals surface area contributed by atoms with Crippen molar-refractivity contribution in [3.8, 4) is 22.3 Å². The summed E-state index contributed by atoms with van der Waals surface area (Å²) in [6.07, 6.45) is 0. The van der Waals surface area contributed by atoms with E-state index in [1.54, 1.807) is 0 Å². The van der Waals surface area contributed by atoms with E-state index in [4.69, 9.17) is 14.4 Å². The number of aryl methyl sites for hydroxylation is 1. The molecule has 0 fully saturated rings. The van der Waals surface area contributed by atoms with E-state index in [1.807, 2.05) is 78.9 Å². The number of aliphatic imine (C=N–C) groups is 2. The van der Waals surface area contributed by atoms with Gasteiger partial charge in [-0.3, -0.25) is 0 Å². The largest absolute Gasteiger partial charge is 0.456 e. The third-order valence-electron chi connectivity index (χ3n) is 10.2. The molecule has 0 aliphatic heterocycles. The summed E-state index contributed by atoms with van der Waals surface area (Å²) >= 11 is 1.86. The van der Waals surface area contributed by atoms with E-state index in [1.165, 1.54) is 48.0 Å². The summed E-state index contributed by atoms with van der Waals surface area (Å²) < 4.78 is 8.82. The van der Waals surface area contributed by atoms with Crippen molar-refractivity contribution in [2.24, 2.45) is 9.98 Å². The van der Waals surface area contributed by atoms with Crippen molar-refractivity contribution in [2.45, 2.75) is 20.8 Å². The number of furan rings is 1. The van der Waals surface area contributed by atoms with E-state index in [9.17, 15) is 0 Å². The highest BCUT2D eigenvalue weighted by Gasteiger charge is 2.17. The van der Waals surface area contributed by atoms with Crippen molar-refractivity contribution in [3.63, 3.8) is 0 Å². The average molecular weight is 701 g/mol. The minimum atomic E-state index is 0.609. The molecule has 0 saturated heterocycles. The first-order valence-electron chi connectivity index (χ1n) is 17.8. The Bertz CT molecular complexity index is 2940. The molecule has 0 atom stereocenters. The van der Waals surface area contributed by atoms with Gasteiger partial charge in [-0.25, -0.2) is 9.98 Å². The van der Waals surface area contributed by atoms with Crippen LogP contribution in [0.2, 0.25) is 0 Å². The smallest absolute Gasteiger partial charge is 0.160 e. The summed E-state index contributed by atoms with van der Waals surface area (Å²) in [6.45, 7) is 10.9. The molecule has 0 radical (unpaired) electrons. The summed E-state index contributed by atoms with van der Waals surface area (Å²) in [7, 11) is 0. The maximum Gasteiger partial charge on any atom is 0.160 e. The fraction of sp³-hybridized carbons (Fsp3) is 0.0612. The minimum absolute atomic E-state index is 0.609. The standard InChI is InChI=1S/C49H36N2OS/c1-30-27-28-35(39-22-13-23-41-40-17-9-11-26-46(40)53-48(39)41)29-43(30)37-20-12-19-36(31(37)2)32(3)50-49(34-15-6-5-7-16-34)51-33(4)38-21-14-25-45-47(38)42-18-8-10-24-44(42)52-45/h5-29H,3H2,1-2,4H3. The van der Waals surface area contributed by atoms with Crippen molar-refractivity contribution in [3.05, 3.63) is 186 Å². The first-order valence-corrected chi connectivity index (χ1v) is 18.7. The van der Waals surface area contributed by atoms with E-state index in [2.05, 4.69) is 111 Å². The maximum atomic E-state index is 6.19. The van der Waals surface area contributed by atoms with Gasteiger partial charge in [0.05, 0.1) is 5.70 Å². The normalized spacial score (nSPS) is 12.4. The molecule has 9 rings (SSSR count). The third-order valence-corrected chi connectivity index (χ3v) is 11.4. The number of para-hydroxylation sites is 1. The lowest BCUT2D eigenvalue weighted by Gasteiger charge is -2.16. The van der Waals surface area contributed by atoms with Crippen LogP contribution in [-0.2, 0) is 0 Å². The molecule has 0 saturated carbocycles. The summed E-state index contributed by atoms with van der Waals surface area (Å²) in [6, 6.07) is 53.0. The number of rotatable bonds is 6. The Morgan fingerprint density at radius 3 is 2.13 bits per heavy atom. The number of thiophene rings is 1. The van der Waals surface area contributed by atoms with Crippen LogP contribution in [0, 0.1) is 13.8 Å². The predicted octanol–water partition coefficient (Wildman–Crippen LogP) is 13.8. The Balaban J connectivity index is 1.12. The number of amidine groups is 1. The monoisotopic (exact) mass is 700 g/mol. The number of benzene rings is 7. The number of hydrogen-bond acceptors (Lipinski definition) is 3. The van der Waals surface area contributed by atoms with Gasteiger partial charge in [-0.15, -0.1) is 11.3 Å².